The molecule has 14 heavy (non-hydrogen) atoms. The number of aromatic nitrogens is 1. The summed E-state index contributed by atoms with van der Waals surface area (Å²) in [6.45, 7) is 4.04. The van der Waals surface area contributed by atoms with Gasteiger partial charge in [-0.2, -0.15) is 0 Å². The van der Waals surface area contributed by atoms with Gasteiger partial charge in [0.1, 0.15) is 0 Å². The molecule has 1 heterocycles. The van der Waals surface area contributed by atoms with Gasteiger partial charge in [-0.05, 0) is 41.9 Å². The van der Waals surface area contributed by atoms with Crippen molar-refractivity contribution in [3.8, 4) is 5.75 Å². The third kappa shape index (κ3) is 1.64. The maximum Gasteiger partial charge on any atom is 0.157 e. The number of benzene rings is 1. The van der Waals surface area contributed by atoms with Crippen LogP contribution in [0.5, 0.6) is 5.75 Å². The quantitative estimate of drug-likeness (QED) is 0.868. The summed E-state index contributed by atoms with van der Waals surface area (Å²) in [6, 6.07) is 6.10. The molecule has 2 rings (SSSR count). The van der Waals surface area contributed by atoms with Crippen LogP contribution in [-0.4, -0.2) is 11.1 Å². The van der Waals surface area contributed by atoms with Crippen molar-refractivity contribution in [2.75, 3.05) is 0 Å². The number of hydrogen-bond acceptors (Lipinski definition) is 1. The highest BCUT2D eigenvalue weighted by atomic mass is 79.9. The predicted octanol–water partition coefficient (Wildman–Crippen LogP) is 3.72. The summed E-state index contributed by atoms with van der Waals surface area (Å²) in [6.07, 6.45) is 2.10. The van der Waals surface area contributed by atoms with Crippen LogP contribution in [-0.2, 0) is 0 Å². The maximum absolute atomic E-state index is 5.74. The lowest BCUT2D eigenvalue weighted by Crippen LogP contribution is -2.06. The zero-order chi connectivity index (χ0) is 10.1. The highest BCUT2D eigenvalue weighted by molar-refractivity contribution is 9.10. The summed E-state index contributed by atoms with van der Waals surface area (Å²) in [7, 11) is 0. The van der Waals surface area contributed by atoms with E-state index in [4.69, 9.17) is 4.74 Å². The number of ether oxygens (including phenoxy) is 1. The molecule has 74 valence electrons. The van der Waals surface area contributed by atoms with Gasteiger partial charge < -0.3 is 9.72 Å². The van der Waals surface area contributed by atoms with E-state index in [1.165, 1.54) is 5.39 Å². The zero-order valence-corrected chi connectivity index (χ0v) is 9.76. The molecule has 0 aliphatic rings. The number of fused-ring (bicyclic) bond motifs is 1. The largest absolute Gasteiger partial charge is 0.488 e. The van der Waals surface area contributed by atoms with E-state index in [1.54, 1.807) is 0 Å². The van der Waals surface area contributed by atoms with Crippen LogP contribution in [0.2, 0.25) is 0 Å². The summed E-state index contributed by atoms with van der Waals surface area (Å²) in [5.41, 5.74) is 1.05. The SMILES string of the molecule is CC(C)Oc1c(Br)ccc2cc[nH]c12. The first-order valence-corrected chi connectivity index (χ1v) is 5.40. The standard InChI is InChI=1S/C11H12BrNO/c1-7(2)14-11-9(12)4-3-8-5-6-13-10(8)11/h3-7,13H,1-2H3. The molecule has 0 amide bonds. The fraction of sp³-hybridized carbons (Fsp3) is 0.273. The highest BCUT2D eigenvalue weighted by Gasteiger charge is 2.09. The molecule has 2 aromatic rings. The van der Waals surface area contributed by atoms with E-state index in [1.807, 2.05) is 32.2 Å². The molecule has 0 saturated heterocycles. The van der Waals surface area contributed by atoms with Crippen LogP contribution in [0.15, 0.2) is 28.9 Å². The Kier molecular flexibility index (Phi) is 2.50. The fourth-order valence-electron chi connectivity index (χ4n) is 1.43. The number of rotatable bonds is 2. The Bertz CT molecular complexity index is 447. The third-order valence-electron chi connectivity index (χ3n) is 1.99. The molecule has 0 radical (unpaired) electrons. The van der Waals surface area contributed by atoms with Crippen molar-refractivity contribution < 1.29 is 4.74 Å². The molecule has 0 spiro atoms. The monoisotopic (exact) mass is 253 g/mol. The Hall–Kier alpha value is -0.960. The maximum atomic E-state index is 5.74. The molecule has 3 heteroatoms. The fourth-order valence-corrected chi connectivity index (χ4v) is 1.85. The third-order valence-corrected chi connectivity index (χ3v) is 2.61. The lowest BCUT2D eigenvalue weighted by Gasteiger charge is -2.12. The second-order valence-electron chi connectivity index (χ2n) is 3.49. The van der Waals surface area contributed by atoms with Crippen LogP contribution in [0.4, 0.5) is 0 Å². The van der Waals surface area contributed by atoms with Crippen LogP contribution in [0.3, 0.4) is 0 Å². The number of halogens is 1. The van der Waals surface area contributed by atoms with Gasteiger partial charge in [0.15, 0.2) is 5.75 Å². The lowest BCUT2D eigenvalue weighted by molar-refractivity contribution is 0.243. The second kappa shape index (κ2) is 3.65. The number of hydrogen-bond donors (Lipinski definition) is 1. The molecule has 1 aromatic heterocycles. The van der Waals surface area contributed by atoms with Crippen LogP contribution in [0.1, 0.15) is 13.8 Å². The highest BCUT2D eigenvalue weighted by Crippen LogP contribution is 2.33. The Labute approximate surface area is 91.4 Å². The molecular weight excluding hydrogens is 242 g/mol. The van der Waals surface area contributed by atoms with Crippen LogP contribution in [0, 0.1) is 0 Å². The van der Waals surface area contributed by atoms with Crippen molar-refractivity contribution >= 4 is 26.8 Å². The number of nitrogens with one attached hydrogen (secondary N) is 1. The van der Waals surface area contributed by atoms with E-state index in [0.29, 0.717) is 0 Å². The van der Waals surface area contributed by atoms with Crippen molar-refractivity contribution in [2.24, 2.45) is 0 Å². The number of H-pyrrole nitrogens is 1. The van der Waals surface area contributed by atoms with Crippen LogP contribution < -0.4 is 4.74 Å². The summed E-state index contributed by atoms with van der Waals surface area (Å²) in [4.78, 5) is 3.18. The average Bonchev–Trinajstić information content (AvgIpc) is 2.57. The lowest BCUT2D eigenvalue weighted by atomic mass is 10.2. The Morgan fingerprint density at radius 1 is 1.29 bits per heavy atom. The van der Waals surface area contributed by atoms with Crippen molar-refractivity contribution in [1.82, 2.24) is 4.98 Å². The van der Waals surface area contributed by atoms with Crippen molar-refractivity contribution in [1.29, 1.82) is 0 Å². The first-order chi connectivity index (χ1) is 6.68. The second-order valence-corrected chi connectivity index (χ2v) is 4.34. The van der Waals surface area contributed by atoms with Crippen molar-refractivity contribution in [3.63, 3.8) is 0 Å². The summed E-state index contributed by atoms with van der Waals surface area (Å²) in [5.74, 6) is 0.891. The molecule has 0 fully saturated rings. The van der Waals surface area contributed by atoms with Gasteiger partial charge in [0.05, 0.1) is 16.1 Å². The van der Waals surface area contributed by atoms with Crippen molar-refractivity contribution in [2.45, 2.75) is 20.0 Å². The molecule has 0 aliphatic heterocycles. The number of aromatic amines is 1. The molecule has 0 saturated carbocycles. The molecule has 0 bridgehead atoms. The van der Waals surface area contributed by atoms with Crippen molar-refractivity contribution in [3.05, 3.63) is 28.9 Å². The molecule has 1 N–H and O–H groups in total. The summed E-state index contributed by atoms with van der Waals surface area (Å²) < 4.78 is 6.73. The van der Waals surface area contributed by atoms with E-state index in [9.17, 15) is 0 Å². The average molecular weight is 254 g/mol. The molecule has 0 unspecified atom stereocenters. The Morgan fingerprint density at radius 3 is 2.79 bits per heavy atom. The zero-order valence-electron chi connectivity index (χ0n) is 8.17. The van der Waals surface area contributed by atoms with Gasteiger partial charge in [0.25, 0.3) is 0 Å². The van der Waals surface area contributed by atoms with Gasteiger partial charge in [-0.3, -0.25) is 0 Å². The Morgan fingerprint density at radius 2 is 2.07 bits per heavy atom. The van der Waals surface area contributed by atoms with Crippen LogP contribution >= 0.6 is 15.9 Å². The molecule has 2 nitrogen and oxygen atoms in total. The van der Waals surface area contributed by atoms with Gasteiger partial charge in [-0.1, -0.05) is 6.07 Å². The minimum atomic E-state index is 0.181. The van der Waals surface area contributed by atoms with E-state index in [0.717, 1.165) is 15.7 Å². The van der Waals surface area contributed by atoms with E-state index >= 15 is 0 Å². The molecule has 0 atom stereocenters. The minimum Gasteiger partial charge on any atom is -0.488 e. The van der Waals surface area contributed by atoms with Crippen LogP contribution in [0.25, 0.3) is 10.9 Å². The Balaban J connectivity index is 2.58. The summed E-state index contributed by atoms with van der Waals surface area (Å²) >= 11 is 3.49. The van der Waals surface area contributed by atoms with Gasteiger partial charge >= 0.3 is 0 Å². The smallest absolute Gasteiger partial charge is 0.157 e. The van der Waals surface area contributed by atoms with Gasteiger partial charge in [0.2, 0.25) is 0 Å². The van der Waals surface area contributed by atoms with Gasteiger partial charge in [-0.15, -0.1) is 0 Å². The molecule has 1 aromatic carbocycles. The van der Waals surface area contributed by atoms with E-state index < -0.39 is 0 Å². The normalized spacial score (nSPS) is 11.1. The molecule has 0 aliphatic carbocycles. The first kappa shape index (κ1) is 9.59. The van der Waals surface area contributed by atoms with E-state index in [-0.39, 0.29) is 6.10 Å². The minimum absolute atomic E-state index is 0.181. The topological polar surface area (TPSA) is 25.0 Å². The van der Waals surface area contributed by atoms with Gasteiger partial charge in [0, 0.05) is 11.6 Å². The molecular formula is C11H12BrNO. The van der Waals surface area contributed by atoms with Gasteiger partial charge in [-0.25, -0.2) is 0 Å². The first-order valence-electron chi connectivity index (χ1n) is 4.60. The predicted molar refractivity (Wildman–Crippen MR) is 61.8 cm³/mol. The van der Waals surface area contributed by atoms with E-state index in [2.05, 4.69) is 27.0 Å². The summed E-state index contributed by atoms with van der Waals surface area (Å²) in [5, 5.41) is 1.17.